The van der Waals surface area contributed by atoms with Crippen molar-refractivity contribution < 1.29 is 51.2 Å². The molecule has 0 radical (unpaired) electrons. The van der Waals surface area contributed by atoms with Crippen LogP contribution in [-0.4, -0.2) is 86.4 Å². The van der Waals surface area contributed by atoms with Crippen LogP contribution in [0.15, 0.2) is 121 Å². The van der Waals surface area contributed by atoms with Gasteiger partial charge in [-0.1, -0.05) is 255 Å². The van der Waals surface area contributed by atoms with Gasteiger partial charge < -0.3 is 59.3 Å². The Hall–Kier alpha value is 1.16. The second-order valence-corrected chi connectivity index (χ2v) is 38.8. The number of nitrogens with zero attached hydrogens (tertiary/aromatic N) is 3. The van der Waals surface area contributed by atoms with E-state index >= 15 is 0 Å². The van der Waals surface area contributed by atoms with Crippen molar-refractivity contribution in [3.8, 4) is 0 Å². The van der Waals surface area contributed by atoms with Crippen LogP contribution in [0.2, 0.25) is 0 Å². The van der Waals surface area contributed by atoms with E-state index in [9.17, 15) is 0 Å². The fourth-order valence-electron chi connectivity index (χ4n) is 11.4. The van der Waals surface area contributed by atoms with E-state index in [0.29, 0.717) is 11.7 Å². The zero-order valence-electron chi connectivity index (χ0n) is 53.1. The molecule has 17 heteroatoms. The molecular formula is C66H111Fe3N3P2S9. The molecule has 6 aliphatic rings. The van der Waals surface area contributed by atoms with Crippen LogP contribution in [0.3, 0.4) is 0 Å². The Bertz CT molecular complexity index is 2220. The molecule has 0 aromatic heterocycles. The van der Waals surface area contributed by atoms with E-state index < -0.39 is 6.04 Å². The molecule has 83 heavy (non-hydrogen) atoms. The number of benzene rings is 4. The SMILES string of the molecule is C1CCCC1.C1CCCC1.C1CCCC1.CN(C)C1CCCC1.CN(C)C1CCCC1P(=S)(c1ccccc1)c1ccccc1.CN(C)C1CCCC1P(c1ccccc1)c1ccccc1.S=S=S=S=S=S=S=S.[CH3-].[CH3-].[CH3-].[CH3-].[CH3-].[CH3-].[Fe+2].[Fe+2].[Fe+2]. The van der Waals surface area contributed by atoms with Crippen LogP contribution >= 0.6 is 14.0 Å². The van der Waals surface area contributed by atoms with Crippen LogP contribution in [0.5, 0.6) is 0 Å². The van der Waals surface area contributed by atoms with Crippen molar-refractivity contribution in [1.29, 1.82) is 0 Å². The maximum Gasteiger partial charge on any atom is 2.00 e. The summed E-state index contributed by atoms with van der Waals surface area (Å²) in [5, 5.41) is 5.79. The van der Waals surface area contributed by atoms with Gasteiger partial charge in [0.05, 0.1) is 0 Å². The molecule has 3 nitrogen and oxygen atoms in total. The van der Waals surface area contributed by atoms with Crippen molar-refractivity contribution in [3.63, 3.8) is 0 Å². The van der Waals surface area contributed by atoms with Gasteiger partial charge in [-0.15, -0.1) is 0 Å². The van der Waals surface area contributed by atoms with Gasteiger partial charge in [-0.3, -0.25) is 0 Å². The third-order valence-electron chi connectivity index (χ3n) is 15.3. The molecular weight excluding hydrogens is 1350 g/mol. The van der Waals surface area contributed by atoms with E-state index in [0.717, 1.165) is 17.7 Å². The van der Waals surface area contributed by atoms with E-state index in [4.69, 9.17) is 11.8 Å². The summed E-state index contributed by atoms with van der Waals surface area (Å²) < 4.78 is 0. The van der Waals surface area contributed by atoms with Crippen LogP contribution < -0.4 is 21.2 Å². The summed E-state index contributed by atoms with van der Waals surface area (Å²) in [6.07, 6.45) is 36.1. The molecule has 6 aliphatic carbocycles. The smallest absolute Gasteiger partial charge is 0.358 e. The van der Waals surface area contributed by atoms with Gasteiger partial charge in [0.25, 0.3) is 0 Å². The molecule has 4 atom stereocenters. The first-order valence-corrected chi connectivity index (χ1v) is 41.6. The quantitative estimate of drug-likeness (QED) is 0.0932. The van der Waals surface area contributed by atoms with E-state index in [-0.39, 0.29) is 104 Å². The minimum absolute atomic E-state index is 0. The molecule has 0 bridgehead atoms. The van der Waals surface area contributed by atoms with E-state index in [1.54, 1.807) is 35.5 Å². The minimum atomic E-state index is -1.79. The number of rotatable bonds is 9. The van der Waals surface area contributed by atoms with Crippen molar-refractivity contribution >= 4 is 123 Å². The Morgan fingerprint density at radius 2 is 0.663 bits per heavy atom. The number of hydrogen-bond donors (Lipinski definition) is 0. The molecule has 4 aromatic carbocycles. The summed E-state index contributed by atoms with van der Waals surface area (Å²) in [5.74, 6) is 0. The molecule has 0 aliphatic heterocycles. The molecule has 0 spiro atoms. The van der Waals surface area contributed by atoms with Gasteiger partial charge in [-0.25, -0.2) is 0 Å². The van der Waals surface area contributed by atoms with Crippen LogP contribution in [0, 0.1) is 44.6 Å². The predicted molar refractivity (Wildman–Crippen MR) is 398 cm³/mol. The summed E-state index contributed by atoms with van der Waals surface area (Å²) in [4.78, 5) is 7.18. The summed E-state index contributed by atoms with van der Waals surface area (Å²) in [6.45, 7) is 0. The van der Waals surface area contributed by atoms with Crippen molar-refractivity contribution in [1.82, 2.24) is 14.7 Å². The predicted octanol–water partition coefficient (Wildman–Crippen LogP) is 17.2. The maximum absolute atomic E-state index is 6.48. The second-order valence-electron chi connectivity index (χ2n) is 21.0. The third-order valence-corrected chi connectivity index (χ3v) is 35.1. The monoisotopic (exact) mass is 1460 g/mol. The Kier molecular flexibility index (Phi) is 68.3. The largest absolute Gasteiger partial charge is 2.00 e. The minimum Gasteiger partial charge on any atom is -0.358 e. The second kappa shape index (κ2) is 59.5. The van der Waals surface area contributed by atoms with E-state index in [1.807, 2.05) is 0 Å². The van der Waals surface area contributed by atoms with Crippen LogP contribution in [-0.2, 0) is 139 Å². The molecule has 0 saturated heterocycles. The Balaban J connectivity index is -0.000000223. The van der Waals surface area contributed by atoms with Crippen LogP contribution in [0.1, 0.15) is 161 Å². The van der Waals surface area contributed by atoms with Gasteiger partial charge in [0.1, 0.15) is 0 Å². The summed E-state index contributed by atoms with van der Waals surface area (Å²) in [5.41, 5.74) is 1.36. The van der Waals surface area contributed by atoms with Crippen LogP contribution in [0.4, 0.5) is 0 Å². The fraction of sp³-hybridized carbons (Fsp3) is 0.545. The normalized spacial score (nSPS) is 18.6. The first kappa shape index (κ1) is 95.3. The van der Waals surface area contributed by atoms with Gasteiger partial charge >= 0.3 is 51.2 Å². The first-order chi connectivity index (χ1) is 36.1. The number of hydrogen-bond acceptors (Lipinski definition) is 6. The van der Waals surface area contributed by atoms with Gasteiger partial charge in [-0.2, -0.15) is 0 Å². The van der Waals surface area contributed by atoms with Gasteiger partial charge in [0.2, 0.25) is 0 Å². The average molecular weight is 1460 g/mol. The van der Waals surface area contributed by atoms with Crippen molar-refractivity contribution in [2.45, 2.75) is 190 Å². The van der Waals surface area contributed by atoms with Crippen molar-refractivity contribution in [2.24, 2.45) is 0 Å². The standard InChI is InChI=1S/C19H24NPS.C19H24NP.C7H15N.3C5H10.6CH3.3Fe.S8/c1-20(2)18-14-9-15-19(18)21(22,16-10-5-3-6-11-16)17-12-7-4-8-13-17;1-20(2)18-14-9-15-19(18)21(16-10-5-3-6-11-16)17-12-7-4-8-13-17;1-8(2)7-5-3-4-6-7;3*1-2-4-5-3-1;;;;;;;;;;1-3-5-7-8-6-4-2/h3-8,10-13,18-19H,9,14-15H2,1-2H3;3-8,10-13,18-19H,9,14-15H2,1-2H3;7H,3-6H2,1-2H3;3*1-5H2;6*1H3;;;;/q;;;;;;6*-1;3*+2;. The molecule has 4 aromatic rings. The summed E-state index contributed by atoms with van der Waals surface area (Å²) in [6, 6.07) is 44.4. The van der Waals surface area contributed by atoms with E-state index in [1.165, 1.54) is 199 Å². The molecule has 4 unspecified atom stereocenters. The Labute approximate surface area is 580 Å². The Morgan fingerprint density at radius 3 is 0.952 bits per heavy atom. The average Bonchev–Trinajstić information content (AvgIpc) is 4.30. The van der Waals surface area contributed by atoms with Gasteiger partial charge in [0, 0.05) is 111 Å². The topological polar surface area (TPSA) is 9.72 Å². The molecule has 0 amide bonds. The molecule has 6 saturated carbocycles. The van der Waals surface area contributed by atoms with Gasteiger partial charge in [-0.05, 0) is 110 Å². The fourth-order valence-corrected chi connectivity index (χ4v) is 30.9. The van der Waals surface area contributed by atoms with Crippen molar-refractivity contribution in [2.75, 3.05) is 42.3 Å². The third kappa shape index (κ3) is 36.7. The molecule has 10 rings (SSSR count). The van der Waals surface area contributed by atoms with Crippen molar-refractivity contribution in [3.05, 3.63) is 166 Å². The molecule has 0 heterocycles. The van der Waals surface area contributed by atoms with Gasteiger partial charge in [0.15, 0.2) is 0 Å². The zero-order valence-corrected chi connectivity index (χ0v) is 65.5. The summed E-state index contributed by atoms with van der Waals surface area (Å²) in [7, 11) is 22.1. The first-order valence-electron chi connectivity index (χ1n) is 28.0. The molecule has 478 valence electrons. The molecule has 6 fully saturated rings. The van der Waals surface area contributed by atoms with E-state index in [2.05, 4.69) is 201 Å². The Morgan fingerprint density at radius 1 is 0.361 bits per heavy atom. The molecule has 0 N–H and O–H groups in total. The maximum atomic E-state index is 6.48. The van der Waals surface area contributed by atoms with Crippen LogP contribution in [0.25, 0.3) is 0 Å². The zero-order chi connectivity index (χ0) is 53.1. The summed E-state index contributed by atoms with van der Waals surface area (Å²) >= 11 is 15.7.